The zero-order chi connectivity index (χ0) is 14.0. The molecule has 1 aliphatic rings. The lowest BCUT2D eigenvalue weighted by Gasteiger charge is -2.44. The Morgan fingerprint density at radius 1 is 1.37 bits per heavy atom. The Balaban J connectivity index is 2.25. The Morgan fingerprint density at radius 3 is 2.74 bits per heavy atom. The second-order valence-electron chi connectivity index (χ2n) is 6.53. The summed E-state index contributed by atoms with van der Waals surface area (Å²) in [6.07, 6.45) is 1.45. The molecule has 0 bridgehead atoms. The van der Waals surface area contributed by atoms with Gasteiger partial charge in [-0.15, -0.1) is 0 Å². The van der Waals surface area contributed by atoms with E-state index in [-0.39, 0.29) is 11.5 Å². The van der Waals surface area contributed by atoms with Gasteiger partial charge in [-0.1, -0.05) is 26.0 Å². The topological polar surface area (TPSA) is 12.5 Å². The van der Waals surface area contributed by atoms with Gasteiger partial charge >= 0.3 is 0 Å². The van der Waals surface area contributed by atoms with Gasteiger partial charge in [0.05, 0.1) is 6.10 Å². The van der Waals surface area contributed by atoms with E-state index in [0.29, 0.717) is 5.92 Å². The van der Waals surface area contributed by atoms with E-state index < -0.39 is 0 Å². The lowest BCUT2D eigenvalue weighted by molar-refractivity contribution is 0.133. The van der Waals surface area contributed by atoms with E-state index in [1.54, 1.807) is 0 Å². The average molecular weight is 261 g/mol. The first-order valence-electron chi connectivity index (χ1n) is 7.37. The van der Waals surface area contributed by atoms with Gasteiger partial charge in [-0.05, 0) is 62.9 Å². The molecule has 2 atom stereocenters. The van der Waals surface area contributed by atoms with Crippen molar-refractivity contribution in [3.63, 3.8) is 0 Å². The van der Waals surface area contributed by atoms with E-state index in [9.17, 15) is 0 Å². The first kappa shape index (κ1) is 14.4. The van der Waals surface area contributed by atoms with Crippen LogP contribution in [0.25, 0.3) is 0 Å². The van der Waals surface area contributed by atoms with Crippen molar-refractivity contribution >= 4 is 0 Å². The van der Waals surface area contributed by atoms with Crippen LogP contribution in [0.3, 0.4) is 0 Å². The molecule has 2 nitrogen and oxygen atoms in total. The van der Waals surface area contributed by atoms with Crippen molar-refractivity contribution in [1.29, 1.82) is 0 Å². The number of hydrogen-bond donors (Lipinski definition) is 0. The van der Waals surface area contributed by atoms with E-state index in [1.807, 2.05) is 0 Å². The number of likely N-dealkylation sites (tertiary alicyclic amines) is 1. The van der Waals surface area contributed by atoms with Crippen molar-refractivity contribution in [2.75, 3.05) is 20.1 Å². The molecule has 1 heterocycles. The Morgan fingerprint density at radius 2 is 2.11 bits per heavy atom. The normalized spacial score (nSPS) is 28.6. The molecule has 2 unspecified atom stereocenters. The average Bonchev–Trinajstić information content (AvgIpc) is 2.34. The van der Waals surface area contributed by atoms with Crippen LogP contribution in [0.2, 0.25) is 0 Å². The molecule has 19 heavy (non-hydrogen) atoms. The molecule has 1 aromatic carbocycles. The van der Waals surface area contributed by atoms with E-state index >= 15 is 0 Å². The van der Waals surface area contributed by atoms with Crippen molar-refractivity contribution in [3.05, 3.63) is 29.8 Å². The smallest absolute Gasteiger partial charge is 0.119 e. The summed E-state index contributed by atoms with van der Waals surface area (Å²) in [5.41, 5.74) is 1.69. The van der Waals surface area contributed by atoms with Crippen molar-refractivity contribution < 1.29 is 4.74 Å². The molecule has 2 rings (SSSR count). The van der Waals surface area contributed by atoms with Gasteiger partial charge in [0.25, 0.3) is 0 Å². The van der Waals surface area contributed by atoms with E-state index in [4.69, 9.17) is 4.74 Å². The van der Waals surface area contributed by atoms with E-state index in [0.717, 1.165) is 5.75 Å². The molecule has 0 spiro atoms. The summed E-state index contributed by atoms with van der Waals surface area (Å²) in [5.74, 6) is 1.67. The van der Waals surface area contributed by atoms with Crippen LogP contribution in [0.5, 0.6) is 5.75 Å². The molecule has 106 valence electrons. The lowest BCUT2D eigenvalue weighted by atomic mass is 9.68. The monoisotopic (exact) mass is 261 g/mol. The number of benzene rings is 1. The molecule has 0 radical (unpaired) electrons. The molecular weight excluding hydrogens is 234 g/mol. The summed E-state index contributed by atoms with van der Waals surface area (Å²) in [5, 5.41) is 0. The molecule has 1 aromatic rings. The van der Waals surface area contributed by atoms with Gasteiger partial charge in [-0.3, -0.25) is 0 Å². The van der Waals surface area contributed by atoms with Gasteiger partial charge in [-0.25, -0.2) is 0 Å². The maximum atomic E-state index is 5.84. The fourth-order valence-corrected chi connectivity index (χ4v) is 3.06. The van der Waals surface area contributed by atoms with Gasteiger partial charge in [0.1, 0.15) is 5.75 Å². The Kier molecular flexibility index (Phi) is 4.19. The summed E-state index contributed by atoms with van der Waals surface area (Å²) >= 11 is 0. The molecule has 2 heteroatoms. The molecule has 1 fully saturated rings. The number of hydrogen-bond acceptors (Lipinski definition) is 2. The van der Waals surface area contributed by atoms with Gasteiger partial charge in [-0.2, -0.15) is 0 Å². The van der Waals surface area contributed by atoms with Gasteiger partial charge in [0, 0.05) is 6.54 Å². The lowest BCUT2D eigenvalue weighted by Crippen LogP contribution is -2.45. The second kappa shape index (κ2) is 5.54. The highest BCUT2D eigenvalue weighted by Gasteiger charge is 2.37. The van der Waals surface area contributed by atoms with Crippen LogP contribution in [-0.4, -0.2) is 31.1 Å². The van der Waals surface area contributed by atoms with Crippen LogP contribution in [0.4, 0.5) is 0 Å². The molecule has 0 saturated carbocycles. The highest BCUT2D eigenvalue weighted by Crippen LogP contribution is 2.40. The third kappa shape index (κ3) is 3.11. The quantitative estimate of drug-likeness (QED) is 0.822. The minimum absolute atomic E-state index is 0.234. The molecular formula is C17H27NO. The van der Waals surface area contributed by atoms with Crippen molar-refractivity contribution in [3.8, 4) is 5.75 Å². The largest absolute Gasteiger partial charge is 0.491 e. The summed E-state index contributed by atoms with van der Waals surface area (Å²) < 4.78 is 5.84. The minimum atomic E-state index is 0.234. The standard InChI is InChI=1S/C17H27NO/c1-13(2)19-16-8-6-7-15(11-16)17(4)9-10-18(5)12-14(17)3/h6-8,11,13-14H,9-10,12H2,1-5H3. The van der Waals surface area contributed by atoms with Crippen LogP contribution < -0.4 is 4.74 Å². The number of ether oxygens (including phenoxy) is 1. The fraction of sp³-hybridized carbons (Fsp3) is 0.647. The zero-order valence-corrected chi connectivity index (χ0v) is 12.9. The molecule has 0 aromatic heterocycles. The van der Waals surface area contributed by atoms with Crippen molar-refractivity contribution in [1.82, 2.24) is 4.90 Å². The van der Waals surface area contributed by atoms with Crippen LogP contribution in [0, 0.1) is 5.92 Å². The molecule has 0 N–H and O–H groups in total. The Labute approximate surface area is 117 Å². The SMILES string of the molecule is CC(C)Oc1cccc(C2(C)CCN(C)CC2C)c1. The fourth-order valence-electron chi connectivity index (χ4n) is 3.06. The maximum Gasteiger partial charge on any atom is 0.119 e. The summed E-state index contributed by atoms with van der Waals surface area (Å²) in [6, 6.07) is 8.69. The third-order valence-electron chi connectivity index (χ3n) is 4.55. The third-order valence-corrected chi connectivity index (χ3v) is 4.55. The van der Waals surface area contributed by atoms with Crippen molar-refractivity contribution in [2.45, 2.75) is 45.6 Å². The van der Waals surface area contributed by atoms with Crippen LogP contribution in [-0.2, 0) is 5.41 Å². The van der Waals surface area contributed by atoms with Crippen LogP contribution in [0.1, 0.15) is 39.7 Å². The summed E-state index contributed by atoms with van der Waals surface area (Å²) in [4.78, 5) is 2.43. The van der Waals surface area contributed by atoms with E-state index in [1.165, 1.54) is 25.1 Å². The van der Waals surface area contributed by atoms with E-state index in [2.05, 4.69) is 63.9 Å². The molecule has 1 saturated heterocycles. The van der Waals surface area contributed by atoms with Gasteiger partial charge < -0.3 is 9.64 Å². The minimum Gasteiger partial charge on any atom is -0.491 e. The van der Waals surface area contributed by atoms with Crippen LogP contribution >= 0.6 is 0 Å². The van der Waals surface area contributed by atoms with Gasteiger partial charge in [0.15, 0.2) is 0 Å². The number of nitrogens with zero attached hydrogens (tertiary/aromatic N) is 1. The first-order valence-corrected chi connectivity index (χ1v) is 7.37. The zero-order valence-electron chi connectivity index (χ0n) is 12.9. The predicted octanol–water partition coefficient (Wildman–Crippen LogP) is 3.70. The Bertz CT molecular complexity index is 429. The van der Waals surface area contributed by atoms with Crippen LogP contribution in [0.15, 0.2) is 24.3 Å². The first-order chi connectivity index (χ1) is 8.91. The number of piperidine rings is 1. The Hall–Kier alpha value is -1.02. The molecule has 1 aliphatic heterocycles. The summed E-state index contributed by atoms with van der Waals surface area (Å²) in [7, 11) is 2.22. The highest BCUT2D eigenvalue weighted by atomic mass is 16.5. The molecule has 0 amide bonds. The second-order valence-corrected chi connectivity index (χ2v) is 6.53. The van der Waals surface area contributed by atoms with Crippen molar-refractivity contribution in [2.24, 2.45) is 5.92 Å². The molecule has 0 aliphatic carbocycles. The van der Waals surface area contributed by atoms with Gasteiger partial charge in [0.2, 0.25) is 0 Å². The maximum absolute atomic E-state index is 5.84. The predicted molar refractivity (Wildman–Crippen MR) is 80.8 cm³/mol. The number of rotatable bonds is 3. The summed E-state index contributed by atoms with van der Waals surface area (Å²) in [6.45, 7) is 11.3. The highest BCUT2D eigenvalue weighted by molar-refractivity contribution is 5.34.